The fraction of sp³-hybridized carbons (Fsp3) is 0.550. The molecule has 2 unspecified atom stereocenters. The molecule has 1 aliphatic carbocycles. The number of amides is 2. The van der Waals surface area contributed by atoms with E-state index in [1.165, 1.54) is 0 Å². The monoisotopic (exact) mass is 390 g/mol. The lowest BCUT2D eigenvalue weighted by molar-refractivity contribution is -0.143. The van der Waals surface area contributed by atoms with Gasteiger partial charge in [0.15, 0.2) is 0 Å². The van der Waals surface area contributed by atoms with E-state index < -0.39 is 11.9 Å². The number of carbonyl (C=O) groups excluding carboxylic acids is 2. The molecule has 27 heavy (non-hydrogen) atoms. The SMILES string of the molecule is Cc1c(NC(=O)C2CCCC(C(=O)O)C2)cccc1C(=O)N1CCSCC1. The molecule has 1 saturated carbocycles. The number of aliphatic carboxylic acids is 1. The normalized spacial score (nSPS) is 22.9. The molecule has 0 aromatic heterocycles. The standard InChI is InChI=1S/C20H26N2O4S/c1-13-16(19(24)22-8-10-27-11-9-22)6-3-7-17(13)21-18(23)14-4-2-5-15(12-14)20(25)26/h3,6-7,14-15H,2,4-5,8-12H2,1H3,(H,21,23)(H,25,26). The number of anilines is 1. The molecule has 2 amide bonds. The Morgan fingerprint density at radius 3 is 2.56 bits per heavy atom. The molecule has 0 bridgehead atoms. The van der Waals surface area contributed by atoms with E-state index in [1.54, 1.807) is 18.2 Å². The van der Waals surface area contributed by atoms with Crippen molar-refractivity contribution in [2.75, 3.05) is 29.9 Å². The topological polar surface area (TPSA) is 86.7 Å². The van der Waals surface area contributed by atoms with Crippen LogP contribution in [0.4, 0.5) is 5.69 Å². The molecule has 6 nitrogen and oxygen atoms in total. The molecule has 7 heteroatoms. The Bertz CT molecular complexity index is 731. The van der Waals surface area contributed by atoms with Gasteiger partial charge < -0.3 is 15.3 Å². The third-order valence-electron chi connectivity index (χ3n) is 5.51. The van der Waals surface area contributed by atoms with Crippen molar-refractivity contribution in [2.24, 2.45) is 11.8 Å². The molecule has 2 fully saturated rings. The minimum atomic E-state index is -0.823. The molecule has 0 radical (unpaired) electrons. The summed E-state index contributed by atoms with van der Waals surface area (Å²) in [6.07, 6.45) is 2.47. The van der Waals surface area contributed by atoms with Gasteiger partial charge in [0.1, 0.15) is 0 Å². The Kier molecular flexibility index (Phi) is 6.42. The molecular formula is C20H26N2O4S. The second-order valence-electron chi connectivity index (χ2n) is 7.27. The Morgan fingerprint density at radius 2 is 1.85 bits per heavy atom. The number of nitrogens with zero attached hydrogens (tertiary/aromatic N) is 1. The van der Waals surface area contributed by atoms with Gasteiger partial charge in [-0.15, -0.1) is 0 Å². The molecule has 0 spiro atoms. The summed E-state index contributed by atoms with van der Waals surface area (Å²) in [5.41, 5.74) is 2.01. The van der Waals surface area contributed by atoms with Crippen LogP contribution < -0.4 is 5.32 Å². The van der Waals surface area contributed by atoms with Gasteiger partial charge in [0.25, 0.3) is 5.91 Å². The number of hydrogen-bond acceptors (Lipinski definition) is 4. The highest BCUT2D eigenvalue weighted by molar-refractivity contribution is 7.99. The fourth-order valence-corrected chi connectivity index (χ4v) is 4.73. The van der Waals surface area contributed by atoms with Gasteiger partial charge in [-0.2, -0.15) is 11.8 Å². The van der Waals surface area contributed by atoms with Crippen molar-refractivity contribution in [2.45, 2.75) is 32.6 Å². The van der Waals surface area contributed by atoms with Crippen LogP contribution in [0.3, 0.4) is 0 Å². The molecule has 1 saturated heterocycles. The molecule has 2 aliphatic rings. The van der Waals surface area contributed by atoms with E-state index in [1.807, 2.05) is 23.6 Å². The lowest BCUT2D eigenvalue weighted by Gasteiger charge is -2.28. The van der Waals surface area contributed by atoms with Gasteiger partial charge in [-0.25, -0.2) is 0 Å². The smallest absolute Gasteiger partial charge is 0.306 e. The summed E-state index contributed by atoms with van der Waals surface area (Å²) in [5, 5.41) is 12.1. The zero-order chi connectivity index (χ0) is 19.4. The minimum Gasteiger partial charge on any atom is -0.481 e. The maximum atomic E-state index is 12.8. The first-order valence-corrected chi connectivity index (χ1v) is 10.6. The molecule has 1 aromatic rings. The van der Waals surface area contributed by atoms with Crippen molar-refractivity contribution < 1.29 is 19.5 Å². The predicted molar refractivity (Wildman–Crippen MR) is 106 cm³/mol. The van der Waals surface area contributed by atoms with E-state index in [0.29, 0.717) is 30.5 Å². The first-order valence-electron chi connectivity index (χ1n) is 9.47. The number of nitrogens with one attached hydrogen (secondary N) is 1. The van der Waals surface area contributed by atoms with E-state index in [4.69, 9.17) is 0 Å². The van der Waals surface area contributed by atoms with Gasteiger partial charge in [0.05, 0.1) is 5.92 Å². The average molecular weight is 391 g/mol. The first-order chi connectivity index (χ1) is 13.0. The summed E-state index contributed by atoms with van der Waals surface area (Å²) in [7, 11) is 0. The zero-order valence-electron chi connectivity index (χ0n) is 15.6. The molecule has 146 valence electrons. The van der Waals surface area contributed by atoms with Crippen molar-refractivity contribution in [3.8, 4) is 0 Å². The van der Waals surface area contributed by atoms with Gasteiger partial charge in [0.2, 0.25) is 5.91 Å². The molecule has 2 N–H and O–H groups in total. The van der Waals surface area contributed by atoms with Crippen LogP contribution in [0.2, 0.25) is 0 Å². The lowest BCUT2D eigenvalue weighted by Crippen LogP contribution is -2.38. The largest absolute Gasteiger partial charge is 0.481 e. The van der Waals surface area contributed by atoms with Gasteiger partial charge >= 0.3 is 5.97 Å². The van der Waals surface area contributed by atoms with Crippen LogP contribution in [0.1, 0.15) is 41.6 Å². The number of rotatable bonds is 4. The summed E-state index contributed by atoms with van der Waals surface area (Å²) in [5.74, 6) is 0.200. The second-order valence-corrected chi connectivity index (χ2v) is 8.50. The van der Waals surface area contributed by atoms with Gasteiger partial charge in [-0.05, 0) is 43.9 Å². The average Bonchev–Trinajstić information content (AvgIpc) is 2.69. The van der Waals surface area contributed by atoms with Crippen LogP contribution in [0.25, 0.3) is 0 Å². The molecule has 3 rings (SSSR count). The third-order valence-corrected chi connectivity index (χ3v) is 6.46. The second kappa shape index (κ2) is 8.78. The molecule has 1 aromatic carbocycles. The van der Waals surface area contributed by atoms with Crippen LogP contribution in [0.5, 0.6) is 0 Å². The van der Waals surface area contributed by atoms with Crippen LogP contribution >= 0.6 is 11.8 Å². The highest BCUT2D eigenvalue weighted by Crippen LogP contribution is 2.31. The van der Waals surface area contributed by atoms with Crippen molar-refractivity contribution >= 4 is 35.2 Å². The number of carbonyl (C=O) groups is 3. The van der Waals surface area contributed by atoms with E-state index in [-0.39, 0.29) is 17.7 Å². The minimum absolute atomic E-state index is 0.00695. The summed E-state index contributed by atoms with van der Waals surface area (Å²) in [4.78, 5) is 38.6. The maximum absolute atomic E-state index is 12.8. The van der Waals surface area contributed by atoms with Gasteiger partial charge in [0, 0.05) is 41.8 Å². The van der Waals surface area contributed by atoms with Crippen LogP contribution in [0.15, 0.2) is 18.2 Å². The number of carboxylic acid groups (broad SMARTS) is 1. The number of thioether (sulfide) groups is 1. The molecule has 1 heterocycles. The Hall–Kier alpha value is -2.02. The maximum Gasteiger partial charge on any atom is 0.306 e. The number of benzene rings is 1. The molecular weight excluding hydrogens is 364 g/mol. The predicted octanol–water partition coefficient (Wildman–Crippen LogP) is 3.01. The third kappa shape index (κ3) is 4.64. The highest BCUT2D eigenvalue weighted by atomic mass is 32.2. The number of hydrogen-bond donors (Lipinski definition) is 2. The van der Waals surface area contributed by atoms with E-state index in [2.05, 4.69) is 5.32 Å². The molecule has 1 aliphatic heterocycles. The van der Waals surface area contributed by atoms with Crippen molar-refractivity contribution in [1.29, 1.82) is 0 Å². The van der Waals surface area contributed by atoms with Crippen molar-refractivity contribution in [3.05, 3.63) is 29.3 Å². The molecule has 2 atom stereocenters. The zero-order valence-corrected chi connectivity index (χ0v) is 16.4. The van der Waals surface area contributed by atoms with E-state index in [9.17, 15) is 19.5 Å². The first kappa shape index (κ1) is 19.7. The van der Waals surface area contributed by atoms with Gasteiger partial charge in [-0.1, -0.05) is 12.5 Å². The quantitative estimate of drug-likeness (QED) is 0.825. The summed E-state index contributed by atoms with van der Waals surface area (Å²) < 4.78 is 0. The van der Waals surface area contributed by atoms with Crippen molar-refractivity contribution in [3.63, 3.8) is 0 Å². The van der Waals surface area contributed by atoms with Gasteiger partial charge in [-0.3, -0.25) is 14.4 Å². The van der Waals surface area contributed by atoms with Crippen LogP contribution in [-0.2, 0) is 9.59 Å². The van der Waals surface area contributed by atoms with Crippen LogP contribution in [0, 0.1) is 18.8 Å². The van der Waals surface area contributed by atoms with E-state index in [0.717, 1.165) is 36.6 Å². The summed E-state index contributed by atoms with van der Waals surface area (Å²) in [6.45, 7) is 3.35. The van der Waals surface area contributed by atoms with Crippen LogP contribution in [-0.4, -0.2) is 52.4 Å². The van der Waals surface area contributed by atoms with E-state index >= 15 is 0 Å². The summed E-state index contributed by atoms with van der Waals surface area (Å²) in [6, 6.07) is 5.39. The lowest BCUT2D eigenvalue weighted by atomic mass is 9.81. The van der Waals surface area contributed by atoms with Crippen molar-refractivity contribution in [1.82, 2.24) is 4.90 Å². The fourth-order valence-electron chi connectivity index (χ4n) is 3.83. The Balaban J connectivity index is 1.71. The number of carboxylic acids is 1. The summed E-state index contributed by atoms with van der Waals surface area (Å²) >= 11 is 1.85. The highest BCUT2D eigenvalue weighted by Gasteiger charge is 2.31. The Morgan fingerprint density at radius 1 is 1.15 bits per heavy atom. The Labute approximate surface area is 163 Å².